The van der Waals surface area contributed by atoms with Crippen LogP contribution >= 0.6 is 0 Å². The van der Waals surface area contributed by atoms with Crippen LogP contribution in [0.1, 0.15) is 27.7 Å². The Morgan fingerprint density at radius 1 is 1.07 bits per heavy atom. The molecule has 2 fully saturated rings. The van der Waals surface area contributed by atoms with Gasteiger partial charge in [-0.25, -0.2) is 4.39 Å². The maximum atomic E-state index is 13.8. The number of hydrogen-bond acceptors (Lipinski definition) is 3. The molecule has 4 nitrogen and oxygen atoms in total. The quantitative estimate of drug-likeness (QED) is 0.663. The summed E-state index contributed by atoms with van der Waals surface area (Å²) >= 11 is 0. The molecule has 5 heteroatoms. The molecule has 0 radical (unpaired) electrons. The molecule has 0 N–H and O–H groups in total. The van der Waals surface area contributed by atoms with Crippen LogP contribution in [0.25, 0.3) is 10.9 Å². The van der Waals surface area contributed by atoms with Gasteiger partial charge in [-0.2, -0.15) is 0 Å². The molecule has 3 aromatic rings. The second kappa shape index (κ2) is 6.92. The number of benzene rings is 2. The third-order valence-corrected chi connectivity index (χ3v) is 6.45. The van der Waals surface area contributed by atoms with Crippen molar-refractivity contribution in [2.45, 2.75) is 13.0 Å². The Bertz CT molecular complexity index is 1100. The molecule has 0 spiro atoms. The van der Waals surface area contributed by atoms with Crippen LogP contribution in [-0.2, 0) is 0 Å². The molecular weight excluding hydrogens is 365 g/mol. The molecule has 2 aromatic carbocycles. The van der Waals surface area contributed by atoms with Gasteiger partial charge in [0.1, 0.15) is 5.82 Å². The fraction of sp³-hybridized carbons (Fsp3) is 0.333. The lowest BCUT2D eigenvalue weighted by Gasteiger charge is -2.27. The van der Waals surface area contributed by atoms with E-state index in [0.717, 1.165) is 40.8 Å². The third-order valence-electron chi connectivity index (χ3n) is 6.45. The Labute approximate surface area is 170 Å². The molecule has 2 aliphatic rings. The van der Waals surface area contributed by atoms with E-state index < -0.39 is 0 Å². The Balaban J connectivity index is 1.45. The largest absolute Gasteiger partial charge is 0.338 e. The van der Waals surface area contributed by atoms with Gasteiger partial charge in [-0.05, 0) is 49.7 Å². The van der Waals surface area contributed by atoms with E-state index in [1.54, 1.807) is 12.1 Å². The second-order valence-corrected chi connectivity index (χ2v) is 8.40. The van der Waals surface area contributed by atoms with Crippen molar-refractivity contribution in [3.05, 3.63) is 77.2 Å². The number of carbonyl (C=O) groups excluding carboxylic acids is 1. The molecule has 29 heavy (non-hydrogen) atoms. The van der Waals surface area contributed by atoms with Crippen molar-refractivity contribution in [2.24, 2.45) is 11.8 Å². The van der Waals surface area contributed by atoms with Gasteiger partial charge in [0.15, 0.2) is 0 Å². The summed E-state index contributed by atoms with van der Waals surface area (Å²) in [6.45, 7) is 4.29. The highest BCUT2D eigenvalue weighted by molar-refractivity contribution is 6.06. The zero-order chi connectivity index (χ0) is 20.1. The first-order chi connectivity index (χ1) is 14.0. The Morgan fingerprint density at radius 2 is 1.90 bits per heavy atom. The van der Waals surface area contributed by atoms with Gasteiger partial charge >= 0.3 is 0 Å². The smallest absolute Gasteiger partial charge is 0.254 e. The number of aryl methyl sites for hydroxylation is 1. The number of carbonyl (C=O) groups is 1. The maximum absolute atomic E-state index is 13.8. The van der Waals surface area contributed by atoms with Crippen molar-refractivity contribution in [1.82, 2.24) is 14.8 Å². The van der Waals surface area contributed by atoms with Crippen LogP contribution in [0.5, 0.6) is 0 Å². The van der Waals surface area contributed by atoms with Crippen molar-refractivity contribution in [1.29, 1.82) is 0 Å². The summed E-state index contributed by atoms with van der Waals surface area (Å²) in [7, 11) is 2.10. The number of pyridine rings is 1. The van der Waals surface area contributed by atoms with Gasteiger partial charge in [0.2, 0.25) is 0 Å². The highest BCUT2D eigenvalue weighted by Crippen LogP contribution is 2.44. The predicted octanol–water partition coefficient (Wildman–Crippen LogP) is 4.06. The van der Waals surface area contributed by atoms with E-state index in [1.807, 2.05) is 48.2 Å². The molecule has 148 valence electrons. The summed E-state index contributed by atoms with van der Waals surface area (Å²) in [6, 6.07) is 16.7. The molecule has 5 rings (SSSR count). The van der Waals surface area contributed by atoms with Crippen LogP contribution in [0.2, 0.25) is 0 Å². The fourth-order valence-electron chi connectivity index (χ4n) is 5.27. The van der Waals surface area contributed by atoms with Crippen LogP contribution < -0.4 is 0 Å². The second-order valence-electron chi connectivity index (χ2n) is 8.40. The molecule has 0 saturated carbocycles. The molecule has 0 bridgehead atoms. The molecule has 1 amide bonds. The van der Waals surface area contributed by atoms with Crippen molar-refractivity contribution < 1.29 is 9.18 Å². The first-order valence-electron chi connectivity index (χ1n) is 10.1. The zero-order valence-corrected chi connectivity index (χ0v) is 16.7. The monoisotopic (exact) mass is 389 g/mol. The number of amides is 1. The van der Waals surface area contributed by atoms with Gasteiger partial charge in [-0.15, -0.1) is 0 Å². The Morgan fingerprint density at radius 3 is 2.72 bits per heavy atom. The van der Waals surface area contributed by atoms with E-state index in [2.05, 4.69) is 16.9 Å². The fourth-order valence-corrected chi connectivity index (χ4v) is 5.27. The average molecular weight is 389 g/mol. The molecule has 3 atom stereocenters. The van der Waals surface area contributed by atoms with E-state index >= 15 is 0 Å². The van der Waals surface area contributed by atoms with E-state index in [4.69, 9.17) is 0 Å². The minimum absolute atomic E-state index is 0.0711. The molecule has 3 heterocycles. The van der Waals surface area contributed by atoms with E-state index in [1.165, 1.54) is 6.07 Å². The lowest BCUT2D eigenvalue weighted by molar-refractivity contribution is 0.0769. The van der Waals surface area contributed by atoms with Crippen molar-refractivity contribution in [3.8, 4) is 0 Å². The summed E-state index contributed by atoms with van der Waals surface area (Å²) in [6.07, 6.45) is 0. The van der Waals surface area contributed by atoms with Crippen LogP contribution in [0, 0.1) is 24.6 Å². The Hall–Kier alpha value is -2.79. The first kappa shape index (κ1) is 18.3. The van der Waals surface area contributed by atoms with Crippen molar-refractivity contribution in [2.75, 3.05) is 26.7 Å². The van der Waals surface area contributed by atoms with Gasteiger partial charge < -0.3 is 4.90 Å². The minimum Gasteiger partial charge on any atom is -0.338 e. The number of rotatable bonds is 2. The van der Waals surface area contributed by atoms with Gasteiger partial charge in [0.25, 0.3) is 5.91 Å². The standard InChI is InChI=1S/C24H24FN3O/c1-15-10-20(19-8-3-4-9-22(19)26-15)24(29)28-13-17-12-27(2)23(21(17)14-28)16-6-5-7-18(25)11-16/h3-11,17,21,23H,12-14H2,1-2H3/t17-,21+,23-/m0/s1. The number of fused-ring (bicyclic) bond motifs is 2. The lowest BCUT2D eigenvalue weighted by atomic mass is 9.89. The molecule has 2 saturated heterocycles. The van der Waals surface area contributed by atoms with Crippen LogP contribution in [0.3, 0.4) is 0 Å². The average Bonchev–Trinajstić information content (AvgIpc) is 3.23. The van der Waals surface area contributed by atoms with Gasteiger partial charge in [-0.3, -0.25) is 14.7 Å². The number of likely N-dealkylation sites (tertiary alicyclic amines) is 2. The van der Waals surface area contributed by atoms with E-state index in [0.29, 0.717) is 18.4 Å². The summed E-state index contributed by atoms with van der Waals surface area (Å²) in [5, 5.41) is 0.902. The first-order valence-corrected chi connectivity index (χ1v) is 10.1. The number of aromatic nitrogens is 1. The number of halogens is 1. The van der Waals surface area contributed by atoms with Gasteiger partial charge in [0, 0.05) is 42.7 Å². The SMILES string of the molecule is Cc1cc(C(=O)N2C[C@@H]3CN(C)[C@@H](c4cccc(F)c4)[C@@H]3C2)c2ccccc2n1. The molecule has 0 aliphatic carbocycles. The topological polar surface area (TPSA) is 36.4 Å². The molecule has 0 unspecified atom stereocenters. The molecular formula is C24H24FN3O. The summed E-state index contributed by atoms with van der Waals surface area (Å²) < 4.78 is 13.8. The third kappa shape index (κ3) is 3.10. The van der Waals surface area contributed by atoms with Gasteiger partial charge in [-0.1, -0.05) is 30.3 Å². The predicted molar refractivity (Wildman–Crippen MR) is 111 cm³/mol. The van der Waals surface area contributed by atoms with Gasteiger partial charge in [0.05, 0.1) is 11.1 Å². The highest BCUT2D eigenvalue weighted by atomic mass is 19.1. The number of nitrogens with zero attached hydrogens (tertiary/aromatic N) is 3. The number of para-hydroxylation sites is 1. The summed E-state index contributed by atoms with van der Waals surface area (Å²) in [4.78, 5) is 22.3. The highest BCUT2D eigenvalue weighted by Gasteiger charge is 2.47. The van der Waals surface area contributed by atoms with Crippen molar-refractivity contribution in [3.63, 3.8) is 0 Å². The lowest BCUT2D eigenvalue weighted by Crippen LogP contribution is -2.33. The van der Waals surface area contributed by atoms with Crippen molar-refractivity contribution >= 4 is 16.8 Å². The van der Waals surface area contributed by atoms with E-state index in [9.17, 15) is 9.18 Å². The number of hydrogen-bond donors (Lipinski definition) is 0. The van der Waals surface area contributed by atoms with Crippen LogP contribution in [0.4, 0.5) is 4.39 Å². The Kier molecular flexibility index (Phi) is 4.36. The van der Waals surface area contributed by atoms with E-state index in [-0.39, 0.29) is 17.8 Å². The van der Waals surface area contributed by atoms with Crippen LogP contribution in [-0.4, -0.2) is 47.4 Å². The summed E-state index contributed by atoms with van der Waals surface area (Å²) in [5.74, 6) is 0.595. The normalized spacial score (nSPS) is 24.2. The molecule has 2 aliphatic heterocycles. The summed E-state index contributed by atoms with van der Waals surface area (Å²) in [5.41, 5.74) is 3.43. The van der Waals surface area contributed by atoms with Crippen LogP contribution in [0.15, 0.2) is 54.6 Å². The zero-order valence-electron chi connectivity index (χ0n) is 16.7. The minimum atomic E-state index is -0.205. The maximum Gasteiger partial charge on any atom is 0.254 e. The molecule has 1 aromatic heterocycles.